The van der Waals surface area contributed by atoms with Gasteiger partial charge in [-0.2, -0.15) is 0 Å². The summed E-state index contributed by atoms with van der Waals surface area (Å²) in [5, 5.41) is 17.5. The second-order valence-corrected chi connectivity index (χ2v) is 5.43. The molecule has 1 aromatic heterocycles. The number of aromatic nitrogens is 2. The van der Waals surface area contributed by atoms with Crippen molar-refractivity contribution in [2.45, 2.75) is 45.3 Å². The van der Waals surface area contributed by atoms with Gasteiger partial charge in [0, 0.05) is 18.5 Å². The zero-order valence-corrected chi connectivity index (χ0v) is 10.1. The molecule has 1 aliphatic rings. The van der Waals surface area contributed by atoms with E-state index in [9.17, 15) is 5.11 Å². The van der Waals surface area contributed by atoms with Gasteiger partial charge >= 0.3 is 0 Å². The van der Waals surface area contributed by atoms with Crippen LogP contribution in [0.1, 0.15) is 39.0 Å². The predicted octanol–water partition coefficient (Wildman–Crippen LogP) is 0.934. The molecule has 1 aromatic rings. The smallest absolute Gasteiger partial charge is 0.230 e. The van der Waals surface area contributed by atoms with E-state index in [-0.39, 0.29) is 11.5 Å². The summed E-state index contributed by atoms with van der Waals surface area (Å²) in [4.78, 5) is 2.13. The maximum atomic E-state index is 9.40. The van der Waals surface area contributed by atoms with Crippen LogP contribution in [0.4, 0.5) is 0 Å². The number of β-amino-alcohol motifs (C(OH)–C–C–N with tert-alkyl or cyclic N) is 1. The van der Waals surface area contributed by atoms with Crippen molar-refractivity contribution in [2.24, 2.45) is 0 Å². The maximum absolute atomic E-state index is 9.40. The highest BCUT2D eigenvalue weighted by molar-refractivity contribution is 4.96. The lowest BCUT2D eigenvalue weighted by Gasteiger charge is -2.13. The molecule has 5 heteroatoms. The lowest BCUT2D eigenvalue weighted by Crippen LogP contribution is -2.21. The molecular weight excluding hydrogens is 206 g/mol. The van der Waals surface area contributed by atoms with Gasteiger partial charge in [-0.25, -0.2) is 0 Å². The van der Waals surface area contributed by atoms with Crippen LogP contribution in [-0.4, -0.2) is 39.4 Å². The Morgan fingerprint density at radius 1 is 1.44 bits per heavy atom. The first kappa shape index (κ1) is 11.5. The van der Waals surface area contributed by atoms with Crippen LogP contribution in [0.3, 0.4) is 0 Å². The number of nitrogens with zero attached hydrogens (tertiary/aromatic N) is 3. The van der Waals surface area contributed by atoms with Crippen LogP contribution in [0.5, 0.6) is 0 Å². The van der Waals surface area contributed by atoms with Crippen LogP contribution in [0.15, 0.2) is 4.42 Å². The molecule has 0 radical (unpaired) electrons. The van der Waals surface area contributed by atoms with Crippen LogP contribution in [0.25, 0.3) is 0 Å². The van der Waals surface area contributed by atoms with Crippen molar-refractivity contribution >= 4 is 0 Å². The summed E-state index contributed by atoms with van der Waals surface area (Å²) in [6.07, 6.45) is 0.630. The van der Waals surface area contributed by atoms with E-state index >= 15 is 0 Å². The summed E-state index contributed by atoms with van der Waals surface area (Å²) in [7, 11) is 0. The van der Waals surface area contributed by atoms with Gasteiger partial charge in [0.05, 0.1) is 12.6 Å². The van der Waals surface area contributed by atoms with E-state index in [1.54, 1.807) is 0 Å². The summed E-state index contributed by atoms with van der Waals surface area (Å²) in [5.74, 6) is 1.31. The summed E-state index contributed by atoms with van der Waals surface area (Å²) in [5.41, 5.74) is -0.101. The van der Waals surface area contributed by atoms with Gasteiger partial charge in [0.1, 0.15) is 0 Å². The summed E-state index contributed by atoms with van der Waals surface area (Å²) < 4.78 is 5.60. The molecule has 0 aromatic carbocycles. The second-order valence-electron chi connectivity index (χ2n) is 5.43. The standard InChI is InChI=1S/C11H19N3O2/c1-11(2,3)10-13-12-9(16-10)7-14-5-4-8(15)6-14/h8,15H,4-7H2,1-3H3. The number of likely N-dealkylation sites (tertiary alicyclic amines) is 1. The Morgan fingerprint density at radius 3 is 2.69 bits per heavy atom. The van der Waals surface area contributed by atoms with Gasteiger partial charge in [0.15, 0.2) is 0 Å². The SMILES string of the molecule is CC(C)(C)c1nnc(CN2CCC(O)C2)o1. The average molecular weight is 225 g/mol. The molecule has 1 unspecified atom stereocenters. The molecular formula is C11H19N3O2. The van der Waals surface area contributed by atoms with Gasteiger partial charge in [-0.3, -0.25) is 4.90 Å². The normalized spacial score (nSPS) is 22.9. The first-order chi connectivity index (χ1) is 7.45. The number of rotatable bonds is 2. The number of hydrogen-bond acceptors (Lipinski definition) is 5. The van der Waals surface area contributed by atoms with Gasteiger partial charge in [-0.1, -0.05) is 20.8 Å². The summed E-state index contributed by atoms with van der Waals surface area (Å²) in [6, 6.07) is 0. The highest BCUT2D eigenvalue weighted by atomic mass is 16.4. The molecule has 2 heterocycles. The molecule has 1 saturated heterocycles. The zero-order chi connectivity index (χ0) is 11.8. The molecule has 5 nitrogen and oxygen atoms in total. The molecule has 0 aliphatic carbocycles. The van der Waals surface area contributed by atoms with E-state index in [2.05, 4.69) is 15.1 Å². The van der Waals surface area contributed by atoms with Crippen molar-refractivity contribution in [1.29, 1.82) is 0 Å². The van der Waals surface area contributed by atoms with E-state index in [4.69, 9.17) is 4.42 Å². The molecule has 2 rings (SSSR count). The molecule has 1 N–H and O–H groups in total. The third-order valence-electron chi connectivity index (χ3n) is 2.71. The van der Waals surface area contributed by atoms with Crippen molar-refractivity contribution in [3.05, 3.63) is 11.8 Å². The van der Waals surface area contributed by atoms with Crippen LogP contribution in [0, 0.1) is 0 Å². The fraction of sp³-hybridized carbons (Fsp3) is 0.818. The quantitative estimate of drug-likeness (QED) is 0.811. The van der Waals surface area contributed by atoms with Crippen molar-refractivity contribution in [3.8, 4) is 0 Å². The zero-order valence-electron chi connectivity index (χ0n) is 10.1. The van der Waals surface area contributed by atoms with Gasteiger partial charge < -0.3 is 9.52 Å². The van der Waals surface area contributed by atoms with E-state index in [0.29, 0.717) is 24.9 Å². The lowest BCUT2D eigenvalue weighted by atomic mass is 9.97. The summed E-state index contributed by atoms with van der Waals surface area (Å²) >= 11 is 0. The topological polar surface area (TPSA) is 62.4 Å². The minimum atomic E-state index is -0.204. The molecule has 1 fully saturated rings. The van der Waals surface area contributed by atoms with Crippen molar-refractivity contribution in [2.75, 3.05) is 13.1 Å². The molecule has 1 atom stereocenters. The molecule has 0 bridgehead atoms. The Kier molecular flexibility index (Phi) is 2.99. The minimum absolute atomic E-state index is 0.101. The number of aliphatic hydroxyl groups is 1. The van der Waals surface area contributed by atoms with Gasteiger partial charge in [0.2, 0.25) is 11.8 Å². The van der Waals surface area contributed by atoms with E-state index in [1.165, 1.54) is 0 Å². The van der Waals surface area contributed by atoms with Crippen LogP contribution in [-0.2, 0) is 12.0 Å². The molecule has 1 aliphatic heterocycles. The molecule has 90 valence electrons. The van der Waals surface area contributed by atoms with Crippen molar-refractivity contribution in [1.82, 2.24) is 15.1 Å². The summed E-state index contributed by atoms with van der Waals surface area (Å²) in [6.45, 7) is 8.37. The third kappa shape index (κ3) is 2.59. The van der Waals surface area contributed by atoms with E-state index in [1.807, 2.05) is 20.8 Å². The van der Waals surface area contributed by atoms with Crippen LogP contribution < -0.4 is 0 Å². The lowest BCUT2D eigenvalue weighted by molar-refractivity contribution is 0.170. The molecule has 0 saturated carbocycles. The second kappa shape index (κ2) is 4.14. The van der Waals surface area contributed by atoms with Crippen LogP contribution >= 0.6 is 0 Å². The number of hydrogen-bond donors (Lipinski definition) is 1. The Hall–Kier alpha value is -0.940. The third-order valence-corrected chi connectivity index (χ3v) is 2.71. The van der Waals surface area contributed by atoms with E-state index < -0.39 is 0 Å². The highest BCUT2D eigenvalue weighted by Gasteiger charge is 2.24. The average Bonchev–Trinajstić information content (AvgIpc) is 2.74. The highest BCUT2D eigenvalue weighted by Crippen LogP contribution is 2.21. The Balaban J connectivity index is 1.98. The fourth-order valence-electron chi connectivity index (χ4n) is 1.77. The maximum Gasteiger partial charge on any atom is 0.230 e. The van der Waals surface area contributed by atoms with Gasteiger partial charge in [-0.05, 0) is 6.42 Å². The predicted molar refractivity (Wildman–Crippen MR) is 58.9 cm³/mol. The Labute approximate surface area is 95.5 Å². The van der Waals surface area contributed by atoms with Crippen LogP contribution in [0.2, 0.25) is 0 Å². The van der Waals surface area contributed by atoms with Crippen molar-refractivity contribution in [3.63, 3.8) is 0 Å². The van der Waals surface area contributed by atoms with Gasteiger partial charge in [-0.15, -0.1) is 10.2 Å². The number of aliphatic hydroxyl groups excluding tert-OH is 1. The Morgan fingerprint density at radius 2 is 2.19 bits per heavy atom. The Bertz CT molecular complexity index is 356. The van der Waals surface area contributed by atoms with E-state index in [0.717, 1.165) is 13.0 Å². The minimum Gasteiger partial charge on any atom is -0.423 e. The first-order valence-corrected chi connectivity index (χ1v) is 5.68. The molecule has 16 heavy (non-hydrogen) atoms. The van der Waals surface area contributed by atoms with Crippen molar-refractivity contribution < 1.29 is 9.52 Å². The first-order valence-electron chi connectivity index (χ1n) is 5.68. The largest absolute Gasteiger partial charge is 0.423 e. The molecule has 0 amide bonds. The monoisotopic (exact) mass is 225 g/mol. The molecule has 0 spiro atoms. The van der Waals surface area contributed by atoms with Gasteiger partial charge in [0.25, 0.3) is 0 Å². The fourth-order valence-corrected chi connectivity index (χ4v) is 1.77.